The molecule has 2 rings (SSSR count). The molecular weight excluding hydrogens is 314 g/mol. The van der Waals surface area contributed by atoms with Gasteiger partial charge in [-0.1, -0.05) is 18.2 Å². The summed E-state index contributed by atoms with van der Waals surface area (Å²) in [5.74, 6) is -3.43. The van der Waals surface area contributed by atoms with Crippen LogP contribution in [0, 0.1) is 5.92 Å². The van der Waals surface area contributed by atoms with Crippen molar-refractivity contribution in [3.8, 4) is 0 Å². The number of carbonyl (C=O) groups is 2. The van der Waals surface area contributed by atoms with E-state index in [1.54, 1.807) is 32.1 Å². The lowest BCUT2D eigenvalue weighted by Crippen LogP contribution is -2.45. The number of thiophene rings is 1. The average Bonchev–Trinajstić information content (AvgIpc) is 2.79. The van der Waals surface area contributed by atoms with E-state index in [1.165, 1.54) is 0 Å². The van der Waals surface area contributed by atoms with Crippen molar-refractivity contribution in [2.24, 2.45) is 11.7 Å². The van der Waals surface area contributed by atoms with Gasteiger partial charge in [-0.3, -0.25) is 9.59 Å². The molecule has 0 spiro atoms. The fraction of sp³-hybridized carbons (Fsp3) is 0.412. The van der Waals surface area contributed by atoms with Crippen LogP contribution in [-0.4, -0.2) is 28.7 Å². The van der Waals surface area contributed by atoms with Crippen LogP contribution in [0.5, 0.6) is 0 Å². The van der Waals surface area contributed by atoms with Gasteiger partial charge in [0.25, 0.3) is 0 Å². The predicted octanol–water partition coefficient (Wildman–Crippen LogP) is 2.81. The third-order valence-electron chi connectivity index (χ3n) is 3.37. The molecular formula is C17H21NO4S. The van der Waals surface area contributed by atoms with Crippen LogP contribution >= 0.6 is 11.3 Å². The number of carbonyl (C=O) groups excluding carboxylic acids is 1. The number of rotatable bonds is 5. The summed E-state index contributed by atoms with van der Waals surface area (Å²) in [4.78, 5) is 23.6. The second kappa shape index (κ2) is 6.68. The molecule has 1 aromatic heterocycles. The predicted molar refractivity (Wildman–Crippen MR) is 90.5 cm³/mol. The molecule has 23 heavy (non-hydrogen) atoms. The smallest absolute Gasteiger partial charge is 0.322 e. The first kappa shape index (κ1) is 17.4. The normalized spacial score (nSPS) is 14.4. The molecule has 1 aromatic carbocycles. The van der Waals surface area contributed by atoms with Crippen LogP contribution in [0.15, 0.2) is 29.6 Å². The Morgan fingerprint density at radius 1 is 1.30 bits per heavy atom. The van der Waals surface area contributed by atoms with E-state index >= 15 is 0 Å². The van der Waals surface area contributed by atoms with Gasteiger partial charge in [-0.15, -0.1) is 11.3 Å². The number of fused-ring (bicyclic) bond motifs is 1. The highest BCUT2D eigenvalue weighted by molar-refractivity contribution is 7.17. The second-order valence-corrected chi connectivity index (χ2v) is 7.39. The fourth-order valence-electron chi connectivity index (χ4n) is 2.39. The van der Waals surface area contributed by atoms with E-state index in [2.05, 4.69) is 0 Å². The van der Waals surface area contributed by atoms with E-state index < -0.39 is 29.5 Å². The van der Waals surface area contributed by atoms with Gasteiger partial charge in [0.15, 0.2) is 5.92 Å². The Balaban J connectivity index is 2.20. The van der Waals surface area contributed by atoms with Gasteiger partial charge in [0.1, 0.15) is 5.60 Å². The highest BCUT2D eigenvalue weighted by Gasteiger charge is 2.36. The SMILES string of the molecule is CC(C)(C)OC(=O)C(C(=O)O)C(N)Cc1csc2ccccc12. The van der Waals surface area contributed by atoms with Crippen molar-refractivity contribution in [2.45, 2.75) is 38.8 Å². The van der Waals surface area contributed by atoms with Crippen molar-refractivity contribution >= 4 is 33.4 Å². The minimum Gasteiger partial charge on any atom is -0.481 e. The van der Waals surface area contributed by atoms with Gasteiger partial charge in [-0.05, 0) is 49.6 Å². The van der Waals surface area contributed by atoms with Crippen LogP contribution in [0.1, 0.15) is 26.3 Å². The molecule has 0 aliphatic heterocycles. The Kier molecular flexibility index (Phi) is 5.06. The standard InChI is InChI=1S/C17H21NO4S/c1-17(2,3)22-16(21)14(15(19)20)12(18)8-10-9-23-13-7-5-4-6-11(10)13/h4-7,9,12,14H,8,18H2,1-3H3,(H,19,20). The number of ether oxygens (including phenoxy) is 1. The molecule has 0 radical (unpaired) electrons. The molecule has 0 saturated heterocycles. The molecule has 0 fully saturated rings. The number of carboxylic acids is 1. The summed E-state index contributed by atoms with van der Waals surface area (Å²) in [6, 6.07) is 6.99. The zero-order chi connectivity index (χ0) is 17.2. The molecule has 1 heterocycles. The van der Waals surface area contributed by atoms with E-state index in [4.69, 9.17) is 10.5 Å². The lowest BCUT2D eigenvalue weighted by atomic mass is 9.94. The second-order valence-electron chi connectivity index (χ2n) is 6.47. The maximum Gasteiger partial charge on any atom is 0.322 e. The summed E-state index contributed by atoms with van der Waals surface area (Å²) in [6.07, 6.45) is 0.306. The molecule has 0 saturated carbocycles. The van der Waals surface area contributed by atoms with Gasteiger partial charge in [0, 0.05) is 10.7 Å². The Bertz CT molecular complexity index is 717. The molecule has 0 bridgehead atoms. The summed E-state index contributed by atoms with van der Waals surface area (Å²) in [5.41, 5.74) is 6.25. The van der Waals surface area contributed by atoms with Gasteiger partial charge in [0.2, 0.25) is 0 Å². The van der Waals surface area contributed by atoms with Gasteiger partial charge < -0.3 is 15.6 Å². The minimum absolute atomic E-state index is 0.306. The third-order valence-corrected chi connectivity index (χ3v) is 4.38. The van der Waals surface area contributed by atoms with Gasteiger partial charge >= 0.3 is 11.9 Å². The highest BCUT2D eigenvalue weighted by Crippen LogP contribution is 2.27. The van der Waals surface area contributed by atoms with E-state index in [0.717, 1.165) is 15.6 Å². The number of hydrogen-bond acceptors (Lipinski definition) is 5. The molecule has 0 aliphatic rings. The third kappa shape index (κ3) is 4.30. The summed E-state index contributed by atoms with van der Waals surface area (Å²) < 4.78 is 6.30. The number of esters is 1. The first-order valence-corrected chi connectivity index (χ1v) is 8.23. The zero-order valence-electron chi connectivity index (χ0n) is 13.4. The van der Waals surface area contributed by atoms with Crippen LogP contribution in [0.2, 0.25) is 0 Å². The molecule has 124 valence electrons. The van der Waals surface area contributed by atoms with E-state index in [-0.39, 0.29) is 0 Å². The monoisotopic (exact) mass is 335 g/mol. The number of carboxylic acid groups (broad SMARTS) is 1. The van der Waals surface area contributed by atoms with Crippen LogP contribution in [0.3, 0.4) is 0 Å². The van der Waals surface area contributed by atoms with Gasteiger partial charge in [0.05, 0.1) is 0 Å². The van der Waals surface area contributed by atoms with Crippen molar-refractivity contribution in [3.05, 3.63) is 35.2 Å². The highest BCUT2D eigenvalue weighted by atomic mass is 32.1. The van der Waals surface area contributed by atoms with E-state index in [1.807, 2.05) is 29.6 Å². The lowest BCUT2D eigenvalue weighted by molar-refractivity contribution is -0.167. The average molecular weight is 335 g/mol. The van der Waals surface area contributed by atoms with Gasteiger partial charge in [-0.2, -0.15) is 0 Å². The molecule has 0 amide bonds. The van der Waals surface area contributed by atoms with Crippen molar-refractivity contribution in [3.63, 3.8) is 0 Å². The van der Waals surface area contributed by atoms with Crippen molar-refractivity contribution in [1.82, 2.24) is 0 Å². The van der Waals surface area contributed by atoms with Crippen molar-refractivity contribution in [1.29, 1.82) is 0 Å². The topological polar surface area (TPSA) is 89.6 Å². The fourth-order valence-corrected chi connectivity index (χ4v) is 3.36. The van der Waals surface area contributed by atoms with Crippen molar-refractivity contribution in [2.75, 3.05) is 0 Å². The molecule has 2 atom stereocenters. The summed E-state index contributed by atoms with van der Waals surface area (Å²) in [6.45, 7) is 5.09. The quantitative estimate of drug-likeness (QED) is 0.648. The number of hydrogen-bond donors (Lipinski definition) is 2. The summed E-state index contributed by atoms with van der Waals surface area (Å²) >= 11 is 1.58. The largest absolute Gasteiger partial charge is 0.481 e. The Morgan fingerprint density at radius 3 is 2.57 bits per heavy atom. The minimum atomic E-state index is -1.38. The molecule has 0 aliphatic carbocycles. The first-order valence-electron chi connectivity index (χ1n) is 7.35. The Labute approximate surface area is 139 Å². The van der Waals surface area contributed by atoms with E-state index in [0.29, 0.717) is 6.42 Å². The van der Waals surface area contributed by atoms with Crippen LogP contribution < -0.4 is 5.73 Å². The van der Waals surface area contributed by atoms with Crippen LogP contribution in [-0.2, 0) is 20.7 Å². The summed E-state index contributed by atoms with van der Waals surface area (Å²) in [5, 5.41) is 12.4. The zero-order valence-corrected chi connectivity index (χ0v) is 14.2. The first-order chi connectivity index (χ1) is 10.7. The lowest BCUT2D eigenvalue weighted by Gasteiger charge is -2.25. The number of nitrogens with two attached hydrogens (primary N) is 1. The Morgan fingerprint density at radius 2 is 1.96 bits per heavy atom. The number of aliphatic carboxylic acids is 1. The molecule has 2 aromatic rings. The van der Waals surface area contributed by atoms with Crippen LogP contribution in [0.4, 0.5) is 0 Å². The number of benzene rings is 1. The Hall–Kier alpha value is -1.92. The van der Waals surface area contributed by atoms with E-state index in [9.17, 15) is 14.7 Å². The molecule has 6 heteroatoms. The summed E-state index contributed by atoms with van der Waals surface area (Å²) in [7, 11) is 0. The van der Waals surface area contributed by atoms with Crippen LogP contribution in [0.25, 0.3) is 10.1 Å². The van der Waals surface area contributed by atoms with Gasteiger partial charge in [-0.25, -0.2) is 0 Å². The molecule has 2 unspecified atom stereocenters. The molecule has 5 nitrogen and oxygen atoms in total. The molecule has 3 N–H and O–H groups in total. The maximum absolute atomic E-state index is 12.2. The maximum atomic E-state index is 12.2. The van der Waals surface area contributed by atoms with Crippen molar-refractivity contribution < 1.29 is 19.4 Å².